The molecular formula is C24H25F3N2O2S. The number of rotatable bonds is 10. The molecule has 0 amide bonds. The van der Waals surface area contributed by atoms with Crippen LogP contribution in [0.1, 0.15) is 43.0 Å². The summed E-state index contributed by atoms with van der Waals surface area (Å²) in [6, 6.07) is 11.6. The van der Waals surface area contributed by atoms with Crippen LogP contribution in [-0.4, -0.2) is 18.7 Å². The Kier molecular flexibility index (Phi) is 8.16. The highest BCUT2D eigenvalue weighted by atomic mass is 32.1. The van der Waals surface area contributed by atoms with Gasteiger partial charge < -0.3 is 14.8 Å². The quantitative estimate of drug-likeness (QED) is 0.314. The van der Waals surface area contributed by atoms with Gasteiger partial charge in [-0.2, -0.15) is 13.2 Å². The van der Waals surface area contributed by atoms with E-state index in [4.69, 9.17) is 9.47 Å². The third kappa shape index (κ3) is 6.75. The van der Waals surface area contributed by atoms with E-state index in [0.29, 0.717) is 16.5 Å². The molecule has 4 nitrogen and oxygen atoms in total. The molecule has 3 rings (SSSR count). The number of benzene rings is 2. The monoisotopic (exact) mass is 462 g/mol. The zero-order chi connectivity index (χ0) is 23.0. The molecule has 0 bridgehead atoms. The Morgan fingerprint density at radius 2 is 1.84 bits per heavy atom. The number of hydrogen-bond acceptors (Lipinski definition) is 5. The summed E-state index contributed by atoms with van der Waals surface area (Å²) in [7, 11) is 1.61. The number of anilines is 2. The molecule has 0 saturated carbocycles. The largest absolute Gasteiger partial charge is 0.497 e. The Hall–Kier alpha value is -3.00. The molecule has 0 radical (unpaired) electrons. The Bertz CT molecular complexity index is 1030. The van der Waals surface area contributed by atoms with Crippen LogP contribution in [0.15, 0.2) is 47.8 Å². The molecule has 0 unspecified atom stereocenters. The van der Waals surface area contributed by atoms with Crippen molar-refractivity contribution in [1.29, 1.82) is 0 Å². The van der Waals surface area contributed by atoms with E-state index in [1.165, 1.54) is 17.4 Å². The van der Waals surface area contributed by atoms with Crippen molar-refractivity contribution in [2.75, 3.05) is 19.0 Å². The van der Waals surface area contributed by atoms with Gasteiger partial charge in [0.05, 0.1) is 25.0 Å². The zero-order valence-corrected chi connectivity index (χ0v) is 18.7. The first kappa shape index (κ1) is 23.7. The van der Waals surface area contributed by atoms with Gasteiger partial charge in [0.15, 0.2) is 5.13 Å². The van der Waals surface area contributed by atoms with Crippen molar-refractivity contribution in [3.63, 3.8) is 0 Å². The fourth-order valence-electron chi connectivity index (χ4n) is 2.93. The minimum atomic E-state index is -4.51. The van der Waals surface area contributed by atoms with E-state index in [-0.39, 0.29) is 12.4 Å². The molecular weight excluding hydrogens is 437 g/mol. The van der Waals surface area contributed by atoms with Crippen LogP contribution in [0.3, 0.4) is 0 Å². The first-order chi connectivity index (χ1) is 15.4. The first-order valence-electron chi connectivity index (χ1n) is 10.3. The number of ether oxygens (including phenoxy) is 2. The summed E-state index contributed by atoms with van der Waals surface area (Å²) in [5, 5.41) is 5.29. The summed E-state index contributed by atoms with van der Waals surface area (Å²) in [6.45, 7) is 2.29. The maximum absolute atomic E-state index is 13.5. The Balaban J connectivity index is 1.68. The van der Waals surface area contributed by atoms with Gasteiger partial charge in [0.1, 0.15) is 11.5 Å². The highest BCUT2D eigenvalue weighted by molar-refractivity contribution is 7.13. The topological polar surface area (TPSA) is 43.4 Å². The minimum absolute atomic E-state index is 0.151. The van der Waals surface area contributed by atoms with Gasteiger partial charge in [0, 0.05) is 11.1 Å². The average molecular weight is 463 g/mol. The molecule has 2 aromatic carbocycles. The third-order valence-corrected chi connectivity index (χ3v) is 5.40. The summed E-state index contributed by atoms with van der Waals surface area (Å²) < 4.78 is 51.1. The number of nitrogens with one attached hydrogen (secondary N) is 1. The van der Waals surface area contributed by atoms with E-state index < -0.39 is 11.7 Å². The number of halogens is 3. The number of nitrogens with zero attached hydrogens (tertiary/aromatic N) is 1. The molecule has 32 heavy (non-hydrogen) atoms. The van der Waals surface area contributed by atoms with E-state index in [0.717, 1.165) is 36.6 Å². The summed E-state index contributed by atoms with van der Waals surface area (Å²) in [6.07, 6.45) is 1.86. The SMILES string of the molecule is CCCCCOc1ccc(Nc2nc(C=Cc3ccc(OC)cc3)cs2)cc1C(F)(F)F. The first-order valence-corrected chi connectivity index (χ1v) is 11.2. The molecule has 0 saturated heterocycles. The number of thiazole rings is 1. The summed E-state index contributed by atoms with van der Waals surface area (Å²) in [5.74, 6) is 0.624. The Labute approximate surface area is 189 Å². The predicted octanol–water partition coefficient (Wildman–Crippen LogP) is 7.65. The van der Waals surface area contributed by atoms with Crippen molar-refractivity contribution in [2.45, 2.75) is 32.4 Å². The van der Waals surface area contributed by atoms with Gasteiger partial charge >= 0.3 is 6.18 Å². The molecule has 0 spiro atoms. The van der Waals surface area contributed by atoms with Gasteiger partial charge in [0.2, 0.25) is 0 Å². The molecule has 0 fully saturated rings. The average Bonchev–Trinajstić information content (AvgIpc) is 3.23. The second-order valence-corrected chi connectivity index (χ2v) is 7.93. The van der Waals surface area contributed by atoms with Crippen LogP contribution in [0.5, 0.6) is 11.5 Å². The fourth-order valence-corrected chi connectivity index (χ4v) is 3.63. The van der Waals surface area contributed by atoms with Gasteiger partial charge in [-0.05, 0) is 48.4 Å². The van der Waals surface area contributed by atoms with Crippen molar-refractivity contribution >= 4 is 34.3 Å². The van der Waals surface area contributed by atoms with Crippen molar-refractivity contribution in [1.82, 2.24) is 4.98 Å². The van der Waals surface area contributed by atoms with E-state index in [1.807, 2.05) is 48.7 Å². The van der Waals surface area contributed by atoms with Crippen molar-refractivity contribution in [3.8, 4) is 11.5 Å². The summed E-state index contributed by atoms with van der Waals surface area (Å²) >= 11 is 1.32. The maximum atomic E-state index is 13.5. The molecule has 170 valence electrons. The van der Waals surface area contributed by atoms with Crippen molar-refractivity contribution in [3.05, 3.63) is 64.7 Å². The second kappa shape index (κ2) is 11.0. The van der Waals surface area contributed by atoms with Crippen LogP contribution >= 0.6 is 11.3 Å². The number of aromatic nitrogens is 1. The number of methoxy groups -OCH3 is 1. The Morgan fingerprint density at radius 1 is 1.06 bits per heavy atom. The molecule has 3 aromatic rings. The molecule has 0 aliphatic heterocycles. The van der Waals surface area contributed by atoms with Crippen LogP contribution in [0.25, 0.3) is 12.2 Å². The normalized spacial score (nSPS) is 11.7. The lowest BCUT2D eigenvalue weighted by molar-refractivity contribution is -0.138. The third-order valence-electron chi connectivity index (χ3n) is 4.63. The fraction of sp³-hybridized carbons (Fsp3) is 0.292. The number of alkyl halides is 3. The van der Waals surface area contributed by atoms with Gasteiger partial charge in [-0.15, -0.1) is 11.3 Å². The smallest absolute Gasteiger partial charge is 0.420 e. The molecule has 1 N–H and O–H groups in total. The van der Waals surface area contributed by atoms with Gasteiger partial charge in [0.25, 0.3) is 0 Å². The van der Waals surface area contributed by atoms with E-state index >= 15 is 0 Å². The van der Waals surface area contributed by atoms with Crippen LogP contribution < -0.4 is 14.8 Å². The van der Waals surface area contributed by atoms with Crippen molar-refractivity contribution < 1.29 is 22.6 Å². The molecule has 8 heteroatoms. The maximum Gasteiger partial charge on any atom is 0.420 e. The highest BCUT2D eigenvalue weighted by Crippen LogP contribution is 2.38. The van der Waals surface area contributed by atoms with E-state index in [2.05, 4.69) is 10.3 Å². The van der Waals surface area contributed by atoms with Crippen LogP contribution in [-0.2, 0) is 6.18 Å². The molecule has 1 heterocycles. The van der Waals surface area contributed by atoms with Gasteiger partial charge in [-0.25, -0.2) is 4.98 Å². The van der Waals surface area contributed by atoms with Gasteiger partial charge in [-0.3, -0.25) is 0 Å². The second-order valence-electron chi connectivity index (χ2n) is 7.07. The van der Waals surface area contributed by atoms with E-state index in [1.54, 1.807) is 13.2 Å². The van der Waals surface area contributed by atoms with Crippen LogP contribution in [0.2, 0.25) is 0 Å². The van der Waals surface area contributed by atoms with Crippen LogP contribution in [0, 0.1) is 0 Å². The lowest BCUT2D eigenvalue weighted by atomic mass is 10.1. The molecule has 0 aliphatic rings. The minimum Gasteiger partial charge on any atom is -0.497 e. The Morgan fingerprint density at radius 3 is 2.53 bits per heavy atom. The lowest BCUT2D eigenvalue weighted by Gasteiger charge is -2.15. The number of hydrogen-bond donors (Lipinski definition) is 1. The predicted molar refractivity (Wildman–Crippen MR) is 124 cm³/mol. The molecule has 0 aliphatic carbocycles. The molecule has 0 atom stereocenters. The van der Waals surface area contributed by atoms with Crippen LogP contribution in [0.4, 0.5) is 24.0 Å². The van der Waals surface area contributed by atoms with Gasteiger partial charge in [-0.1, -0.05) is 38.0 Å². The zero-order valence-electron chi connectivity index (χ0n) is 17.9. The summed E-state index contributed by atoms with van der Waals surface area (Å²) in [4.78, 5) is 4.42. The highest BCUT2D eigenvalue weighted by Gasteiger charge is 2.34. The molecule has 1 aromatic heterocycles. The van der Waals surface area contributed by atoms with E-state index in [9.17, 15) is 13.2 Å². The standard InChI is InChI=1S/C24H25F3N2O2S/c1-3-4-5-14-31-22-13-10-18(15-21(22)24(25,26)27)28-23-29-19(16-32-23)9-6-17-7-11-20(30-2)12-8-17/h6-13,15-16H,3-5,14H2,1-2H3,(H,28,29). The van der Waals surface area contributed by atoms with Crippen molar-refractivity contribution in [2.24, 2.45) is 0 Å². The summed E-state index contributed by atoms with van der Waals surface area (Å²) in [5.41, 5.74) is 1.20. The lowest BCUT2D eigenvalue weighted by Crippen LogP contribution is -2.10. The number of unbranched alkanes of at least 4 members (excludes halogenated alkanes) is 2.